The highest BCUT2D eigenvalue weighted by molar-refractivity contribution is 6.35. The normalized spacial score (nSPS) is 15.6. The predicted octanol–water partition coefficient (Wildman–Crippen LogP) is 5.12. The van der Waals surface area contributed by atoms with Crippen molar-refractivity contribution in [2.75, 3.05) is 0 Å². The van der Waals surface area contributed by atoms with Crippen molar-refractivity contribution < 1.29 is 14.8 Å². The molecule has 0 unspecified atom stereocenters. The predicted molar refractivity (Wildman–Crippen MR) is 95.7 cm³/mol. The molecule has 3 rings (SSSR count). The zero-order valence-electron chi connectivity index (χ0n) is 13.1. The summed E-state index contributed by atoms with van der Waals surface area (Å²) in [5, 5.41) is 21.5. The van der Waals surface area contributed by atoms with E-state index in [-0.39, 0.29) is 27.6 Å². The third kappa shape index (κ3) is 3.46. The first-order valence-electron chi connectivity index (χ1n) is 7.64. The van der Waals surface area contributed by atoms with Crippen LogP contribution in [0.2, 0.25) is 5.02 Å². The van der Waals surface area contributed by atoms with E-state index >= 15 is 0 Å². The number of rotatable bonds is 4. The van der Waals surface area contributed by atoms with Crippen LogP contribution in [0.1, 0.15) is 28.8 Å². The standard InChI is InChI=1S/C19H14ClNO4/c20-17-9-7-14(21(24)25)11-16(17)19(23)15-8-6-13(18(15)22)10-12-4-2-1-3-5-12/h1-5,7,9-11,22H,6,8H2/b13-10+. The minimum atomic E-state index is -0.587. The molecule has 0 amide bonds. The number of hydrogen-bond donors (Lipinski definition) is 1. The van der Waals surface area contributed by atoms with Gasteiger partial charge in [0, 0.05) is 23.3 Å². The number of carbonyl (C=O) groups is 1. The lowest BCUT2D eigenvalue weighted by Crippen LogP contribution is -2.05. The second kappa shape index (κ2) is 6.91. The molecule has 0 atom stereocenters. The Bertz CT molecular complexity index is 916. The van der Waals surface area contributed by atoms with E-state index in [0.29, 0.717) is 18.4 Å². The molecule has 0 heterocycles. The number of carbonyl (C=O) groups excluding carboxylic acids is 1. The summed E-state index contributed by atoms with van der Waals surface area (Å²) in [5.41, 5.74) is 1.62. The lowest BCUT2D eigenvalue weighted by atomic mass is 10.0. The van der Waals surface area contributed by atoms with Crippen LogP contribution in [0.25, 0.3) is 6.08 Å². The maximum Gasteiger partial charge on any atom is 0.270 e. The Balaban J connectivity index is 1.97. The molecule has 1 aliphatic rings. The maximum atomic E-state index is 12.7. The van der Waals surface area contributed by atoms with Crippen LogP contribution in [-0.4, -0.2) is 15.8 Å². The van der Waals surface area contributed by atoms with Gasteiger partial charge in [0.1, 0.15) is 5.76 Å². The average molecular weight is 356 g/mol. The van der Waals surface area contributed by atoms with Crippen LogP contribution >= 0.6 is 11.6 Å². The quantitative estimate of drug-likeness (QED) is 0.469. The molecular weight excluding hydrogens is 342 g/mol. The number of hydrogen-bond acceptors (Lipinski definition) is 4. The van der Waals surface area contributed by atoms with Crippen molar-refractivity contribution in [1.82, 2.24) is 0 Å². The molecule has 0 spiro atoms. The summed E-state index contributed by atoms with van der Waals surface area (Å²) in [6.07, 6.45) is 2.71. The van der Waals surface area contributed by atoms with Crippen molar-refractivity contribution in [2.24, 2.45) is 0 Å². The van der Waals surface area contributed by atoms with Gasteiger partial charge in [-0.3, -0.25) is 14.9 Å². The van der Waals surface area contributed by atoms with Crippen LogP contribution in [0, 0.1) is 10.1 Å². The monoisotopic (exact) mass is 355 g/mol. The molecule has 1 N–H and O–H groups in total. The van der Waals surface area contributed by atoms with Gasteiger partial charge < -0.3 is 5.11 Å². The Kier molecular flexibility index (Phi) is 4.67. The molecule has 0 fully saturated rings. The van der Waals surface area contributed by atoms with Crippen molar-refractivity contribution in [3.05, 3.63) is 91.7 Å². The number of nitrogens with zero attached hydrogens (tertiary/aromatic N) is 1. The Labute approximate surface area is 149 Å². The number of aliphatic hydroxyl groups excluding tert-OH is 1. The van der Waals surface area contributed by atoms with E-state index in [1.807, 2.05) is 36.4 Å². The molecule has 6 heteroatoms. The molecule has 0 aromatic heterocycles. The van der Waals surface area contributed by atoms with Crippen LogP contribution < -0.4 is 0 Å². The highest BCUT2D eigenvalue weighted by Gasteiger charge is 2.27. The molecule has 1 aliphatic carbocycles. The molecule has 2 aromatic carbocycles. The van der Waals surface area contributed by atoms with Gasteiger partial charge in [-0.25, -0.2) is 0 Å². The Morgan fingerprint density at radius 1 is 1.16 bits per heavy atom. The van der Waals surface area contributed by atoms with E-state index in [1.54, 1.807) is 0 Å². The van der Waals surface area contributed by atoms with E-state index < -0.39 is 10.7 Å². The molecule has 126 valence electrons. The van der Waals surface area contributed by atoms with Crippen molar-refractivity contribution in [2.45, 2.75) is 12.8 Å². The third-order valence-corrected chi connectivity index (χ3v) is 4.38. The van der Waals surface area contributed by atoms with Gasteiger partial charge in [0.15, 0.2) is 5.78 Å². The highest BCUT2D eigenvalue weighted by atomic mass is 35.5. The van der Waals surface area contributed by atoms with Gasteiger partial charge in [-0.2, -0.15) is 0 Å². The van der Waals surface area contributed by atoms with Crippen LogP contribution in [0.15, 0.2) is 65.4 Å². The van der Waals surface area contributed by atoms with Gasteiger partial charge in [0.25, 0.3) is 5.69 Å². The number of allylic oxidation sites excluding steroid dienone is 2. The molecule has 2 aromatic rings. The first-order chi connectivity index (χ1) is 12.0. The second-order valence-electron chi connectivity index (χ2n) is 5.66. The molecule has 25 heavy (non-hydrogen) atoms. The van der Waals surface area contributed by atoms with Crippen LogP contribution in [0.4, 0.5) is 5.69 Å². The summed E-state index contributed by atoms with van der Waals surface area (Å²) in [6, 6.07) is 13.2. The number of nitro benzene ring substituents is 1. The lowest BCUT2D eigenvalue weighted by Gasteiger charge is -2.05. The average Bonchev–Trinajstić information content (AvgIpc) is 2.96. The highest BCUT2D eigenvalue weighted by Crippen LogP contribution is 2.35. The number of non-ortho nitro benzene ring substituents is 1. The zero-order valence-corrected chi connectivity index (χ0v) is 13.9. The number of Topliss-reactive ketones (excluding diaryl/α,β-unsaturated/α-hetero) is 1. The van der Waals surface area contributed by atoms with Crippen molar-refractivity contribution in [1.29, 1.82) is 0 Å². The van der Waals surface area contributed by atoms with Gasteiger partial charge >= 0.3 is 0 Å². The first-order valence-corrected chi connectivity index (χ1v) is 8.02. The smallest absolute Gasteiger partial charge is 0.270 e. The Morgan fingerprint density at radius 2 is 1.88 bits per heavy atom. The van der Waals surface area contributed by atoms with Crippen LogP contribution in [0.3, 0.4) is 0 Å². The van der Waals surface area contributed by atoms with Gasteiger partial charge in [0.2, 0.25) is 0 Å². The van der Waals surface area contributed by atoms with Gasteiger partial charge in [-0.15, -0.1) is 0 Å². The Morgan fingerprint density at radius 3 is 2.56 bits per heavy atom. The van der Waals surface area contributed by atoms with Crippen LogP contribution in [-0.2, 0) is 0 Å². The number of halogens is 1. The topological polar surface area (TPSA) is 80.4 Å². The minimum Gasteiger partial charge on any atom is -0.507 e. The fraction of sp³-hybridized carbons (Fsp3) is 0.105. The summed E-state index contributed by atoms with van der Waals surface area (Å²) >= 11 is 6.03. The molecule has 5 nitrogen and oxygen atoms in total. The van der Waals surface area contributed by atoms with E-state index in [1.165, 1.54) is 12.1 Å². The summed E-state index contributed by atoms with van der Waals surface area (Å²) in [7, 11) is 0. The first kappa shape index (κ1) is 16.9. The molecule has 0 saturated carbocycles. The van der Waals surface area contributed by atoms with E-state index in [4.69, 9.17) is 11.6 Å². The second-order valence-corrected chi connectivity index (χ2v) is 6.07. The molecular formula is C19H14ClNO4. The van der Waals surface area contributed by atoms with E-state index in [9.17, 15) is 20.0 Å². The largest absolute Gasteiger partial charge is 0.507 e. The SMILES string of the molecule is O=C(C1=C(O)/C(=C/c2ccccc2)CC1)c1cc([N+](=O)[O-])ccc1Cl. The summed E-state index contributed by atoms with van der Waals surface area (Å²) < 4.78 is 0. The Hall–Kier alpha value is -2.92. The number of ketones is 1. The lowest BCUT2D eigenvalue weighted by molar-refractivity contribution is -0.384. The summed E-state index contributed by atoms with van der Waals surface area (Å²) in [5.74, 6) is -0.556. The molecule has 0 aliphatic heterocycles. The molecule has 0 radical (unpaired) electrons. The number of nitro groups is 1. The maximum absolute atomic E-state index is 12.7. The van der Waals surface area contributed by atoms with Crippen molar-refractivity contribution in [3.8, 4) is 0 Å². The molecule has 0 saturated heterocycles. The van der Waals surface area contributed by atoms with Crippen molar-refractivity contribution in [3.63, 3.8) is 0 Å². The van der Waals surface area contributed by atoms with E-state index in [0.717, 1.165) is 11.6 Å². The summed E-state index contributed by atoms with van der Waals surface area (Å²) in [6.45, 7) is 0. The fourth-order valence-corrected chi connectivity index (χ4v) is 2.97. The fourth-order valence-electron chi connectivity index (χ4n) is 2.77. The van der Waals surface area contributed by atoms with E-state index in [2.05, 4.69) is 0 Å². The summed E-state index contributed by atoms with van der Waals surface area (Å²) in [4.78, 5) is 23.0. The molecule has 0 bridgehead atoms. The number of aliphatic hydroxyl groups is 1. The third-order valence-electron chi connectivity index (χ3n) is 4.05. The van der Waals surface area contributed by atoms with Crippen LogP contribution in [0.5, 0.6) is 0 Å². The van der Waals surface area contributed by atoms with Gasteiger partial charge in [-0.1, -0.05) is 41.9 Å². The van der Waals surface area contributed by atoms with Crippen molar-refractivity contribution >= 4 is 29.1 Å². The zero-order chi connectivity index (χ0) is 18.0. The number of benzene rings is 2. The minimum absolute atomic E-state index is 0.0263. The van der Waals surface area contributed by atoms with Gasteiger partial charge in [0.05, 0.1) is 9.95 Å². The van der Waals surface area contributed by atoms with Gasteiger partial charge in [-0.05, 0) is 36.1 Å².